The second-order valence-electron chi connectivity index (χ2n) is 3.59. The van der Waals surface area contributed by atoms with E-state index in [4.69, 9.17) is 9.47 Å². The van der Waals surface area contributed by atoms with E-state index in [0.717, 1.165) is 19.5 Å². The lowest BCUT2D eigenvalue weighted by atomic mass is 10.1. The highest BCUT2D eigenvalue weighted by Gasteiger charge is 2.17. The van der Waals surface area contributed by atoms with E-state index >= 15 is 0 Å². The van der Waals surface area contributed by atoms with E-state index in [9.17, 15) is 4.79 Å². The molecule has 0 aromatic rings. The third-order valence-corrected chi connectivity index (χ3v) is 1.93. The first-order valence-corrected chi connectivity index (χ1v) is 4.72. The van der Waals surface area contributed by atoms with Crippen LogP contribution in [0.3, 0.4) is 0 Å². The maximum absolute atomic E-state index is 10.9. The minimum absolute atomic E-state index is 0.103. The van der Waals surface area contributed by atoms with Gasteiger partial charge in [0.25, 0.3) is 0 Å². The zero-order chi connectivity index (χ0) is 9.68. The Morgan fingerprint density at radius 2 is 2.38 bits per heavy atom. The van der Waals surface area contributed by atoms with E-state index in [0.29, 0.717) is 12.5 Å². The van der Waals surface area contributed by atoms with Gasteiger partial charge in [-0.3, -0.25) is 0 Å². The average Bonchev–Trinajstić information content (AvgIpc) is 2.51. The SMILES string of the molecule is CC(C)OC(=O)OCC1CCNC1. The molecule has 13 heavy (non-hydrogen) atoms. The molecule has 0 aliphatic carbocycles. The van der Waals surface area contributed by atoms with Gasteiger partial charge in [0.2, 0.25) is 0 Å². The fourth-order valence-corrected chi connectivity index (χ4v) is 1.27. The minimum atomic E-state index is -0.554. The summed E-state index contributed by atoms with van der Waals surface area (Å²) in [5.41, 5.74) is 0. The molecule has 1 aliphatic rings. The summed E-state index contributed by atoms with van der Waals surface area (Å²) >= 11 is 0. The first-order valence-electron chi connectivity index (χ1n) is 4.72. The van der Waals surface area contributed by atoms with Crippen molar-refractivity contribution in [2.45, 2.75) is 26.4 Å². The summed E-state index contributed by atoms with van der Waals surface area (Å²) in [7, 11) is 0. The zero-order valence-corrected chi connectivity index (χ0v) is 8.21. The number of hydrogen-bond donors (Lipinski definition) is 1. The van der Waals surface area contributed by atoms with Crippen molar-refractivity contribution < 1.29 is 14.3 Å². The molecular formula is C9H17NO3. The predicted molar refractivity (Wildman–Crippen MR) is 48.5 cm³/mol. The molecule has 1 N–H and O–H groups in total. The van der Waals surface area contributed by atoms with Crippen molar-refractivity contribution in [3.8, 4) is 0 Å². The van der Waals surface area contributed by atoms with Gasteiger partial charge in [-0.1, -0.05) is 0 Å². The van der Waals surface area contributed by atoms with Gasteiger partial charge in [0.1, 0.15) is 0 Å². The van der Waals surface area contributed by atoms with Crippen molar-refractivity contribution in [1.29, 1.82) is 0 Å². The monoisotopic (exact) mass is 187 g/mol. The number of carbonyl (C=O) groups is 1. The normalized spacial score (nSPS) is 21.9. The number of carbonyl (C=O) groups excluding carboxylic acids is 1. The van der Waals surface area contributed by atoms with E-state index in [1.165, 1.54) is 0 Å². The van der Waals surface area contributed by atoms with Crippen molar-refractivity contribution in [3.63, 3.8) is 0 Å². The van der Waals surface area contributed by atoms with E-state index in [-0.39, 0.29) is 6.10 Å². The molecule has 76 valence electrons. The maximum Gasteiger partial charge on any atom is 0.508 e. The van der Waals surface area contributed by atoms with Crippen molar-refractivity contribution in [3.05, 3.63) is 0 Å². The van der Waals surface area contributed by atoms with Gasteiger partial charge in [0.15, 0.2) is 0 Å². The zero-order valence-electron chi connectivity index (χ0n) is 8.21. The Balaban J connectivity index is 2.07. The summed E-state index contributed by atoms with van der Waals surface area (Å²) < 4.78 is 9.76. The smallest absolute Gasteiger partial charge is 0.434 e. The molecule has 1 rings (SSSR count). The second kappa shape index (κ2) is 5.07. The fraction of sp³-hybridized carbons (Fsp3) is 0.889. The minimum Gasteiger partial charge on any atom is -0.434 e. The third kappa shape index (κ3) is 4.12. The van der Waals surface area contributed by atoms with Gasteiger partial charge < -0.3 is 14.8 Å². The number of rotatable bonds is 3. The molecule has 1 atom stereocenters. The standard InChI is InChI=1S/C9H17NO3/c1-7(2)13-9(11)12-6-8-3-4-10-5-8/h7-8,10H,3-6H2,1-2H3. The molecule has 1 fully saturated rings. The van der Waals surface area contributed by atoms with Crippen molar-refractivity contribution in [1.82, 2.24) is 5.32 Å². The van der Waals surface area contributed by atoms with Gasteiger partial charge in [-0.25, -0.2) is 4.79 Å². The summed E-state index contributed by atoms with van der Waals surface area (Å²) in [6.07, 6.45) is 0.422. The lowest BCUT2D eigenvalue weighted by Crippen LogP contribution is -2.19. The number of hydrogen-bond acceptors (Lipinski definition) is 4. The fourth-order valence-electron chi connectivity index (χ4n) is 1.27. The quantitative estimate of drug-likeness (QED) is 0.673. The maximum atomic E-state index is 10.9. The molecule has 4 heteroatoms. The van der Waals surface area contributed by atoms with Crippen LogP contribution in [0.4, 0.5) is 4.79 Å². The van der Waals surface area contributed by atoms with Crippen LogP contribution in [0.5, 0.6) is 0 Å². The average molecular weight is 187 g/mol. The van der Waals surface area contributed by atoms with Gasteiger partial charge in [0.05, 0.1) is 12.7 Å². The Morgan fingerprint density at radius 1 is 1.62 bits per heavy atom. The summed E-state index contributed by atoms with van der Waals surface area (Å²) in [5, 5.41) is 3.20. The molecule has 0 amide bonds. The Kier molecular flexibility index (Phi) is 4.02. The Morgan fingerprint density at radius 3 is 2.92 bits per heavy atom. The lowest BCUT2D eigenvalue weighted by Gasteiger charge is -2.11. The van der Waals surface area contributed by atoms with Crippen LogP contribution < -0.4 is 5.32 Å². The van der Waals surface area contributed by atoms with Crippen molar-refractivity contribution in [2.75, 3.05) is 19.7 Å². The first kappa shape index (κ1) is 10.3. The first-order chi connectivity index (χ1) is 6.18. The highest BCUT2D eigenvalue weighted by Crippen LogP contribution is 2.08. The van der Waals surface area contributed by atoms with Gasteiger partial charge >= 0.3 is 6.16 Å². The Labute approximate surface area is 78.6 Å². The molecule has 1 heterocycles. The van der Waals surface area contributed by atoms with Crippen LogP contribution in [-0.2, 0) is 9.47 Å². The molecule has 4 nitrogen and oxygen atoms in total. The summed E-state index contributed by atoms with van der Waals surface area (Å²) in [6, 6.07) is 0. The Bertz CT molecular complexity index is 164. The molecular weight excluding hydrogens is 170 g/mol. The molecule has 0 aromatic heterocycles. The van der Waals surface area contributed by atoms with Gasteiger partial charge in [-0.2, -0.15) is 0 Å². The van der Waals surface area contributed by atoms with E-state index < -0.39 is 6.16 Å². The van der Waals surface area contributed by atoms with Gasteiger partial charge in [-0.05, 0) is 26.8 Å². The number of nitrogens with one attached hydrogen (secondary N) is 1. The topological polar surface area (TPSA) is 47.6 Å². The van der Waals surface area contributed by atoms with E-state index in [1.807, 2.05) is 0 Å². The second-order valence-corrected chi connectivity index (χ2v) is 3.59. The molecule has 0 spiro atoms. The largest absolute Gasteiger partial charge is 0.508 e. The molecule has 1 unspecified atom stereocenters. The van der Waals surface area contributed by atoms with Crippen molar-refractivity contribution >= 4 is 6.16 Å². The van der Waals surface area contributed by atoms with Gasteiger partial charge in [-0.15, -0.1) is 0 Å². The predicted octanol–water partition coefficient (Wildman–Crippen LogP) is 1.16. The van der Waals surface area contributed by atoms with Gasteiger partial charge in [0, 0.05) is 12.5 Å². The molecule has 0 bridgehead atoms. The highest BCUT2D eigenvalue weighted by atomic mass is 16.7. The summed E-state index contributed by atoms with van der Waals surface area (Å²) in [5.74, 6) is 0.458. The van der Waals surface area contributed by atoms with Crippen LogP contribution in [0.2, 0.25) is 0 Å². The van der Waals surface area contributed by atoms with E-state index in [1.54, 1.807) is 13.8 Å². The molecule has 0 saturated carbocycles. The third-order valence-electron chi connectivity index (χ3n) is 1.93. The molecule has 1 aliphatic heterocycles. The lowest BCUT2D eigenvalue weighted by molar-refractivity contribution is 0.0270. The van der Waals surface area contributed by atoms with Crippen LogP contribution in [0.25, 0.3) is 0 Å². The van der Waals surface area contributed by atoms with Crippen LogP contribution in [-0.4, -0.2) is 32.0 Å². The summed E-state index contributed by atoms with van der Waals surface area (Å²) in [4.78, 5) is 10.9. The number of ether oxygens (including phenoxy) is 2. The van der Waals surface area contributed by atoms with Crippen LogP contribution >= 0.6 is 0 Å². The summed E-state index contributed by atoms with van der Waals surface area (Å²) in [6.45, 7) is 6.04. The van der Waals surface area contributed by atoms with Crippen LogP contribution in [0.1, 0.15) is 20.3 Å². The van der Waals surface area contributed by atoms with E-state index in [2.05, 4.69) is 5.32 Å². The van der Waals surface area contributed by atoms with Crippen molar-refractivity contribution in [2.24, 2.45) is 5.92 Å². The molecule has 1 saturated heterocycles. The Hall–Kier alpha value is -0.770. The van der Waals surface area contributed by atoms with Crippen LogP contribution in [0.15, 0.2) is 0 Å². The highest BCUT2D eigenvalue weighted by molar-refractivity contribution is 5.60. The molecule has 0 aromatic carbocycles. The molecule has 0 radical (unpaired) electrons. The van der Waals surface area contributed by atoms with Crippen LogP contribution in [0, 0.1) is 5.92 Å².